The van der Waals surface area contributed by atoms with Crippen LogP contribution in [0.2, 0.25) is 0 Å². The summed E-state index contributed by atoms with van der Waals surface area (Å²) in [7, 11) is 0.949. The van der Waals surface area contributed by atoms with Gasteiger partial charge in [-0.15, -0.1) is 0 Å². The number of rotatable bonds is 16. The number of allylic oxidation sites excluding steroid dienone is 6. The summed E-state index contributed by atoms with van der Waals surface area (Å²) >= 11 is 0. The van der Waals surface area contributed by atoms with Crippen LogP contribution in [0.1, 0.15) is 39.3 Å². The van der Waals surface area contributed by atoms with Crippen LogP contribution in [0.3, 0.4) is 0 Å². The summed E-state index contributed by atoms with van der Waals surface area (Å²) in [5.41, 5.74) is 6.59. The molecular weight excluding hydrogens is 568 g/mol. The molecule has 7 heteroatoms. The number of aliphatic hydroxyl groups is 1. The standard InChI is InChI=1S/C36H43N3O.C2H4F2O/c1-6-10-19-30(9-4)26-38(27-31(18-8-3)25-29(5)40)28-34-35(32-20-14-12-15-21-32)37-36(39(34)24-11-7-2)33-22-16-13-17-23-33;1-5-2(3)4/h6,8-10,12-23,25,40H,1,3,7,11,24,26-28H2,2,4-5H3;2H,1H3/b19-10-,29-25+,30-9+,31-18+;. The maximum atomic E-state index is 10.5. The summed E-state index contributed by atoms with van der Waals surface area (Å²) in [5, 5.41) is 10.1. The third kappa shape index (κ3) is 12.7. The molecule has 0 aliphatic carbocycles. The second-order valence-electron chi connectivity index (χ2n) is 10.3. The van der Waals surface area contributed by atoms with Crippen molar-refractivity contribution in [3.05, 3.63) is 139 Å². The molecule has 240 valence electrons. The molecule has 0 spiro atoms. The highest BCUT2D eigenvalue weighted by Crippen LogP contribution is 2.31. The largest absolute Gasteiger partial charge is 0.513 e. The van der Waals surface area contributed by atoms with Gasteiger partial charge < -0.3 is 14.4 Å². The maximum Gasteiger partial charge on any atom is 0.345 e. The summed E-state index contributed by atoms with van der Waals surface area (Å²) in [4.78, 5) is 7.68. The van der Waals surface area contributed by atoms with Gasteiger partial charge in [0.25, 0.3) is 0 Å². The molecule has 0 saturated carbocycles. The first-order valence-corrected chi connectivity index (χ1v) is 15.1. The molecule has 3 aromatic rings. The van der Waals surface area contributed by atoms with Gasteiger partial charge in [-0.1, -0.05) is 124 Å². The minimum atomic E-state index is -2.62. The Morgan fingerprint density at radius 2 is 1.60 bits per heavy atom. The molecule has 1 heterocycles. The number of unbranched alkanes of at least 4 members (excludes halogenated alkanes) is 1. The summed E-state index contributed by atoms with van der Waals surface area (Å²) in [6.07, 6.45) is 15.7. The van der Waals surface area contributed by atoms with Gasteiger partial charge >= 0.3 is 6.61 Å². The van der Waals surface area contributed by atoms with Crippen LogP contribution in [0.25, 0.3) is 22.6 Å². The van der Waals surface area contributed by atoms with Gasteiger partial charge in [0.05, 0.1) is 17.1 Å². The average Bonchev–Trinajstić information content (AvgIpc) is 3.40. The Hall–Kier alpha value is -4.33. The van der Waals surface area contributed by atoms with Crippen LogP contribution in [-0.4, -0.2) is 46.4 Å². The molecule has 1 N–H and O–H groups in total. The van der Waals surface area contributed by atoms with Crippen LogP contribution in [0.15, 0.2) is 133 Å². The first kappa shape index (κ1) is 36.9. The molecule has 0 fully saturated rings. The number of benzene rings is 2. The highest BCUT2D eigenvalue weighted by Gasteiger charge is 2.22. The number of hydrogen-bond donors (Lipinski definition) is 1. The molecule has 0 atom stereocenters. The van der Waals surface area contributed by atoms with Crippen LogP contribution in [0.4, 0.5) is 8.78 Å². The van der Waals surface area contributed by atoms with E-state index in [0.717, 1.165) is 61.3 Å². The van der Waals surface area contributed by atoms with E-state index < -0.39 is 6.61 Å². The van der Waals surface area contributed by atoms with Crippen LogP contribution in [0.5, 0.6) is 0 Å². The molecule has 0 amide bonds. The SMILES string of the molecule is C=C/C=C\C(=C/C)CN(CC(/C=C(\C)O)=C/C=C)Cc1c(-c2ccccc2)nc(-c2ccccc2)n1CCCC.COC(F)F. The predicted molar refractivity (Wildman–Crippen MR) is 184 cm³/mol. The van der Waals surface area contributed by atoms with E-state index in [-0.39, 0.29) is 5.76 Å². The Morgan fingerprint density at radius 1 is 1.00 bits per heavy atom. The molecule has 2 aromatic carbocycles. The number of aromatic nitrogens is 2. The Bertz CT molecular complexity index is 1430. The zero-order valence-corrected chi connectivity index (χ0v) is 27.0. The van der Waals surface area contributed by atoms with Gasteiger partial charge in [0.15, 0.2) is 0 Å². The van der Waals surface area contributed by atoms with Crippen LogP contribution < -0.4 is 0 Å². The van der Waals surface area contributed by atoms with Crippen LogP contribution in [0, 0.1) is 0 Å². The Morgan fingerprint density at radius 3 is 2.11 bits per heavy atom. The summed E-state index contributed by atoms with van der Waals surface area (Å²) in [6.45, 7) is 14.0. The molecule has 3 rings (SSSR count). The number of ether oxygens (including phenoxy) is 1. The van der Waals surface area contributed by atoms with Crippen molar-refractivity contribution in [2.75, 3.05) is 20.2 Å². The second kappa shape index (κ2) is 20.6. The van der Waals surface area contributed by atoms with Crippen molar-refractivity contribution < 1.29 is 18.6 Å². The topological polar surface area (TPSA) is 50.5 Å². The lowest BCUT2D eigenvalue weighted by Gasteiger charge is -2.25. The molecule has 5 nitrogen and oxygen atoms in total. The number of imidazole rings is 1. The van der Waals surface area contributed by atoms with Crippen molar-refractivity contribution in [3.63, 3.8) is 0 Å². The zero-order valence-electron chi connectivity index (χ0n) is 27.0. The molecule has 0 bridgehead atoms. The summed E-state index contributed by atoms with van der Waals surface area (Å²) in [6, 6.07) is 20.9. The van der Waals surface area contributed by atoms with Crippen molar-refractivity contribution >= 4 is 0 Å². The molecule has 0 radical (unpaired) electrons. The number of alkyl halides is 2. The first-order chi connectivity index (χ1) is 21.8. The van der Waals surface area contributed by atoms with Crippen molar-refractivity contribution in [2.24, 2.45) is 0 Å². The number of methoxy groups -OCH3 is 1. The molecule has 0 aliphatic heterocycles. The Balaban J connectivity index is 0.00000130. The van der Waals surface area contributed by atoms with Gasteiger partial charge in [-0.25, -0.2) is 4.98 Å². The lowest BCUT2D eigenvalue weighted by atomic mass is 10.1. The Labute approximate surface area is 267 Å². The van der Waals surface area contributed by atoms with E-state index in [1.807, 2.05) is 30.4 Å². The normalized spacial score (nSPS) is 12.5. The van der Waals surface area contributed by atoms with Gasteiger partial charge in [-0.05, 0) is 37.5 Å². The zero-order chi connectivity index (χ0) is 33.0. The average molecular weight is 616 g/mol. The van der Waals surface area contributed by atoms with Gasteiger partial charge in [0.1, 0.15) is 5.82 Å². The fourth-order valence-corrected chi connectivity index (χ4v) is 4.73. The van der Waals surface area contributed by atoms with Crippen molar-refractivity contribution in [1.82, 2.24) is 14.5 Å². The van der Waals surface area contributed by atoms with Gasteiger partial charge in [0.2, 0.25) is 0 Å². The van der Waals surface area contributed by atoms with Crippen LogP contribution in [-0.2, 0) is 17.8 Å². The van der Waals surface area contributed by atoms with E-state index in [9.17, 15) is 13.9 Å². The smallest absolute Gasteiger partial charge is 0.345 e. The highest BCUT2D eigenvalue weighted by molar-refractivity contribution is 5.68. The van der Waals surface area contributed by atoms with E-state index >= 15 is 0 Å². The number of nitrogens with zero attached hydrogens (tertiary/aromatic N) is 3. The lowest BCUT2D eigenvalue weighted by molar-refractivity contribution is -0.105. The molecule has 0 saturated heterocycles. The maximum absolute atomic E-state index is 10.5. The van der Waals surface area contributed by atoms with E-state index in [1.165, 1.54) is 11.3 Å². The fraction of sp³-hybridized carbons (Fsp3) is 0.289. The van der Waals surface area contributed by atoms with Gasteiger partial charge in [-0.2, -0.15) is 8.78 Å². The lowest BCUT2D eigenvalue weighted by Crippen LogP contribution is -2.29. The number of aliphatic hydroxyl groups excluding tert-OH is 1. The molecule has 0 aliphatic rings. The molecule has 0 unspecified atom stereocenters. The molecule has 45 heavy (non-hydrogen) atoms. The van der Waals surface area contributed by atoms with Gasteiger partial charge in [-0.3, -0.25) is 4.90 Å². The van der Waals surface area contributed by atoms with Crippen molar-refractivity contribution in [3.8, 4) is 22.6 Å². The number of halogens is 2. The quantitative estimate of drug-likeness (QED) is 0.129. The molecule has 1 aromatic heterocycles. The van der Waals surface area contributed by atoms with E-state index in [2.05, 4.69) is 102 Å². The predicted octanol–water partition coefficient (Wildman–Crippen LogP) is 9.94. The Kier molecular flexibility index (Phi) is 16.9. The third-order valence-corrected chi connectivity index (χ3v) is 6.79. The third-order valence-electron chi connectivity index (χ3n) is 6.79. The minimum Gasteiger partial charge on any atom is -0.513 e. The monoisotopic (exact) mass is 615 g/mol. The van der Waals surface area contributed by atoms with Crippen molar-refractivity contribution in [2.45, 2.75) is 53.3 Å². The van der Waals surface area contributed by atoms with E-state index in [4.69, 9.17) is 4.98 Å². The van der Waals surface area contributed by atoms with E-state index in [1.54, 1.807) is 19.1 Å². The van der Waals surface area contributed by atoms with Crippen molar-refractivity contribution in [1.29, 1.82) is 0 Å². The summed E-state index contributed by atoms with van der Waals surface area (Å²) in [5.74, 6) is 1.27. The first-order valence-electron chi connectivity index (χ1n) is 15.1. The van der Waals surface area contributed by atoms with Crippen LogP contribution >= 0.6 is 0 Å². The molecular formula is C38H47F2N3O2. The fourth-order valence-electron chi connectivity index (χ4n) is 4.73. The number of hydrogen-bond acceptors (Lipinski definition) is 4. The van der Waals surface area contributed by atoms with E-state index in [0.29, 0.717) is 13.1 Å². The van der Waals surface area contributed by atoms with Gasteiger partial charge in [0, 0.05) is 44.4 Å². The summed E-state index contributed by atoms with van der Waals surface area (Å²) < 4.78 is 26.9. The highest BCUT2D eigenvalue weighted by atomic mass is 19.3. The minimum absolute atomic E-state index is 0.273. The second-order valence-corrected chi connectivity index (χ2v) is 10.3.